The van der Waals surface area contributed by atoms with Crippen LogP contribution in [0, 0.1) is 6.92 Å². The molecule has 0 bridgehead atoms. The van der Waals surface area contributed by atoms with Crippen molar-refractivity contribution in [1.82, 2.24) is 0 Å². The minimum absolute atomic E-state index is 0.143. The largest absolute Gasteiger partial charge is 0.325 e. The molecule has 0 radical (unpaired) electrons. The first kappa shape index (κ1) is 23.6. The first-order valence-electron chi connectivity index (χ1n) is 10.7. The summed E-state index contributed by atoms with van der Waals surface area (Å²) in [5.41, 5.74) is 3.87. The number of halogens is 1. The highest BCUT2D eigenvalue weighted by Gasteiger charge is 2.22. The fraction of sp³-hybridized carbons (Fsp3) is 0.0714. The van der Waals surface area contributed by atoms with E-state index in [9.17, 15) is 9.59 Å². The number of carbonyl (C=O) groups is 2. The zero-order valence-electron chi connectivity index (χ0n) is 18.5. The monoisotopic (exact) mass is 486 g/mol. The predicted octanol–water partition coefficient (Wildman–Crippen LogP) is 7.37. The average Bonchev–Trinajstić information content (AvgIpc) is 2.84. The lowest BCUT2D eigenvalue weighted by atomic mass is 10.1. The van der Waals surface area contributed by atoms with Crippen molar-refractivity contribution in [3.05, 3.63) is 125 Å². The normalized spacial score (nSPS) is 11.5. The van der Waals surface area contributed by atoms with Gasteiger partial charge in [0.05, 0.1) is 0 Å². The van der Waals surface area contributed by atoms with Crippen LogP contribution in [0.15, 0.2) is 108 Å². The van der Waals surface area contributed by atoms with Gasteiger partial charge in [-0.2, -0.15) is 0 Å². The maximum absolute atomic E-state index is 13.2. The van der Waals surface area contributed by atoms with Crippen molar-refractivity contribution in [3.8, 4) is 0 Å². The molecular formula is C28H23ClN2O2S. The number of benzene rings is 4. The van der Waals surface area contributed by atoms with Crippen LogP contribution in [0.5, 0.6) is 0 Å². The lowest BCUT2D eigenvalue weighted by Gasteiger charge is -2.17. The number of hydrogen-bond acceptors (Lipinski definition) is 3. The van der Waals surface area contributed by atoms with E-state index in [1.54, 1.807) is 24.3 Å². The third-order valence-corrected chi connectivity index (χ3v) is 6.58. The molecule has 6 heteroatoms. The highest BCUT2D eigenvalue weighted by atomic mass is 35.5. The Morgan fingerprint density at radius 3 is 2.21 bits per heavy atom. The van der Waals surface area contributed by atoms with Gasteiger partial charge in [-0.3, -0.25) is 9.59 Å². The molecule has 0 aromatic heterocycles. The summed E-state index contributed by atoms with van der Waals surface area (Å²) < 4.78 is 0. The standard InChI is InChI=1S/C28H23ClN2O2S/c1-19-7-5-10-21(17-19)27(32)30-23-13-15-25(16-14-23)34-26(20-8-3-2-4-9-20)28(33)31-24-12-6-11-22(29)18-24/h2-18,26H,1H3,(H,30,32)(H,31,33). The zero-order valence-corrected chi connectivity index (χ0v) is 20.1. The molecule has 4 aromatic rings. The number of thioether (sulfide) groups is 1. The summed E-state index contributed by atoms with van der Waals surface area (Å²) in [6, 6.07) is 31.7. The van der Waals surface area contributed by atoms with Gasteiger partial charge >= 0.3 is 0 Å². The molecule has 1 unspecified atom stereocenters. The summed E-state index contributed by atoms with van der Waals surface area (Å²) in [5.74, 6) is -0.303. The second-order valence-electron chi connectivity index (χ2n) is 7.76. The third kappa shape index (κ3) is 6.28. The Hall–Kier alpha value is -3.54. The minimum Gasteiger partial charge on any atom is -0.325 e. The summed E-state index contributed by atoms with van der Waals surface area (Å²) >= 11 is 7.51. The lowest BCUT2D eigenvalue weighted by Crippen LogP contribution is -2.19. The molecule has 4 nitrogen and oxygen atoms in total. The number of amides is 2. The van der Waals surface area contributed by atoms with Crippen LogP contribution < -0.4 is 10.6 Å². The van der Waals surface area contributed by atoms with Gasteiger partial charge in [-0.1, -0.05) is 65.7 Å². The highest BCUT2D eigenvalue weighted by Crippen LogP contribution is 2.37. The quantitative estimate of drug-likeness (QED) is 0.268. The molecule has 0 fully saturated rings. The Bertz CT molecular complexity index is 1290. The molecule has 1 atom stereocenters. The van der Waals surface area contributed by atoms with Gasteiger partial charge < -0.3 is 10.6 Å². The smallest absolute Gasteiger partial charge is 0.255 e. The number of carbonyl (C=O) groups excluding carboxylic acids is 2. The first-order chi connectivity index (χ1) is 16.5. The molecular weight excluding hydrogens is 464 g/mol. The second kappa shape index (κ2) is 11.1. The van der Waals surface area contributed by atoms with Crippen LogP contribution >= 0.6 is 23.4 Å². The molecule has 0 aliphatic carbocycles. The van der Waals surface area contributed by atoms with Gasteiger partial charge in [0, 0.05) is 26.9 Å². The summed E-state index contributed by atoms with van der Waals surface area (Å²) in [4.78, 5) is 26.6. The molecule has 2 amide bonds. The molecule has 34 heavy (non-hydrogen) atoms. The van der Waals surface area contributed by atoms with Gasteiger partial charge in [0.1, 0.15) is 5.25 Å². The number of anilines is 2. The van der Waals surface area contributed by atoms with Crippen molar-refractivity contribution in [1.29, 1.82) is 0 Å². The van der Waals surface area contributed by atoms with Gasteiger partial charge in [0.25, 0.3) is 5.91 Å². The summed E-state index contributed by atoms with van der Waals surface area (Å²) in [6.07, 6.45) is 0. The molecule has 0 aliphatic heterocycles. The molecule has 0 saturated carbocycles. The Labute approximate surface area is 208 Å². The molecule has 4 aromatic carbocycles. The zero-order chi connectivity index (χ0) is 23.9. The van der Waals surface area contributed by atoms with E-state index in [2.05, 4.69) is 10.6 Å². The first-order valence-corrected chi connectivity index (χ1v) is 12.0. The van der Waals surface area contributed by atoms with Crippen molar-refractivity contribution >= 4 is 46.6 Å². The van der Waals surface area contributed by atoms with Crippen molar-refractivity contribution in [2.45, 2.75) is 17.1 Å². The van der Waals surface area contributed by atoms with Crippen LogP contribution in [0.3, 0.4) is 0 Å². The summed E-state index contributed by atoms with van der Waals surface area (Å²) in [5, 5.41) is 5.97. The lowest BCUT2D eigenvalue weighted by molar-refractivity contribution is -0.115. The minimum atomic E-state index is -0.465. The maximum Gasteiger partial charge on any atom is 0.255 e. The van der Waals surface area contributed by atoms with Gasteiger partial charge in [-0.25, -0.2) is 0 Å². The van der Waals surface area contributed by atoms with Crippen LogP contribution in [0.4, 0.5) is 11.4 Å². The van der Waals surface area contributed by atoms with Gasteiger partial charge in [-0.05, 0) is 67.1 Å². The van der Waals surface area contributed by atoms with E-state index >= 15 is 0 Å². The van der Waals surface area contributed by atoms with Gasteiger partial charge in [-0.15, -0.1) is 11.8 Å². The molecule has 0 heterocycles. The van der Waals surface area contributed by atoms with E-state index in [1.165, 1.54) is 11.8 Å². The molecule has 0 aliphatic rings. The number of hydrogen-bond donors (Lipinski definition) is 2. The third-order valence-electron chi connectivity index (χ3n) is 5.08. The fourth-order valence-corrected chi connectivity index (χ4v) is 4.63. The molecule has 0 spiro atoms. The van der Waals surface area contributed by atoms with Crippen molar-refractivity contribution in [2.24, 2.45) is 0 Å². The fourth-order valence-electron chi connectivity index (χ4n) is 3.42. The van der Waals surface area contributed by atoms with Crippen LogP contribution in [0.2, 0.25) is 5.02 Å². The Morgan fingerprint density at radius 2 is 1.50 bits per heavy atom. The van der Waals surface area contributed by atoms with Gasteiger partial charge in [0.15, 0.2) is 0 Å². The molecule has 2 N–H and O–H groups in total. The van der Waals surface area contributed by atoms with Crippen molar-refractivity contribution < 1.29 is 9.59 Å². The van der Waals surface area contributed by atoms with Gasteiger partial charge in [0.2, 0.25) is 5.91 Å². The highest BCUT2D eigenvalue weighted by molar-refractivity contribution is 8.00. The van der Waals surface area contributed by atoms with E-state index in [1.807, 2.05) is 85.8 Å². The number of rotatable bonds is 7. The van der Waals surface area contributed by atoms with Crippen LogP contribution in [0.1, 0.15) is 26.7 Å². The number of nitrogens with one attached hydrogen (secondary N) is 2. The van der Waals surface area contributed by atoms with Crippen LogP contribution in [-0.4, -0.2) is 11.8 Å². The van der Waals surface area contributed by atoms with Crippen molar-refractivity contribution in [3.63, 3.8) is 0 Å². The molecule has 4 rings (SSSR count). The molecule has 0 saturated heterocycles. The average molecular weight is 487 g/mol. The Balaban J connectivity index is 1.49. The van der Waals surface area contributed by atoms with E-state index in [-0.39, 0.29) is 11.8 Å². The predicted molar refractivity (Wildman–Crippen MR) is 141 cm³/mol. The Kier molecular flexibility index (Phi) is 7.68. The summed E-state index contributed by atoms with van der Waals surface area (Å²) in [7, 11) is 0. The number of aryl methyl sites for hydroxylation is 1. The van der Waals surface area contributed by atoms with Crippen molar-refractivity contribution in [2.75, 3.05) is 10.6 Å². The maximum atomic E-state index is 13.2. The van der Waals surface area contributed by atoms with E-state index in [0.717, 1.165) is 16.0 Å². The summed E-state index contributed by atoms with van der Waals surface area (Å²) in [6.45, 7) is 1.95. The topological polar surface area (TPSA) is 58.2 Å². The van der Waals surface area contributed by atoms with Crippen LogP contribution in [0.25, 0.3) is 0 Å². The van der Waals surface area contributed by atoms with Crippen LogP contribution in [-0.2, 0) is 4.79 Å². The van der Waals surface area contributed by atoms with E-state index < -0.39 is 5.25 Å². The van der Waals surface area contributed by atoms with E-state index in [4.69, 9.17) is 11.6 Å². The molecule has 170 valence electrons. The SMILES string of the molecule is Cc1cccc(C(=O)Nc2ccc(SC(C(=O)Nc3cccc(Cl)c3)c3ccccc3)cc2)c1. The second-order valence-corrected chi connectivity index (χ2v) is 9.37. The van der Waals surface area contributed by atoms with E-state index in [0.29, 0.717) is 22.0 Å². The Morgan fingerprint density at radius 1 is 0.765 bits per heavy atom.